The standard InChI is InChI=1S/C18H27ClN4O3/c1-4-20-17(24)11-22-5-7-23(8-6-22)12-18(25)21-15-9-13(2)14(19)10-16(15)26-3/h9-10H,4-8,11-12H2,1-3H3,(H,20,24)(H,21,25). The smallest absolute Gasteiger partial charge is 0.238 e. The molecule has 2 rings (SSSR count). The summed E-state index contributed by atoms with van der Waals surface area (Å²) in [5.74, 6) is 0.492. The molecule has 26 heavy (non-hydrogen) atoms. The van der Waals surface area contributed by atoms with Crippen molar-refractivity contribution >= 4 is 29.1 Å². The molecule has 0 spiro atoms. The van der Waals surface area contributed by atoms with Crippen molar-refractivity contribution < 1.29 is 14.3 Å². The van der Waals surface area contributed by atoms with Gasteiger partial charge in [-0.05, 0) is 25.5 Å². The van der Waals surface area contributed by atoms with Gasteiger partial charge in [-0.15, -0.1) is 0 Å². The second-order valence-corrected chi connectivity index (χ2v) is 6.76. The fraction of sp³-hybridized carbons (Fsp3) is 0.556. The number of methoxy groups -OCH3 is 1. The SMILES string of the molecule is CCNC(=O)CN1CCN(CC(=O)Nc2cc(C)c(Cl)cc2OC)CC1. The van der Waals surface area contributed by atoms with E-state index in [1.807, 2.05) is 19.9 Å². The van der Waals surface area contributed by atoms with Gasteiger partial charge in [-0.25, -0.2) is 0 Å². The number of anilines is 1. The van der Waals surface area contributed by atoms with Crippen molar-refractivity contribution in [1.82, 2.24) is 15.1 Å². The monoisotopic (exact) mass is 382 g/mol. The lowest BCUT2D eigenvalue weighted by Crippen LogP contribution is -2.51. The molecule has 2 amide bonds. The van der Waals surface area contributed by atoms with Gasteiger partial charge in [0, 0.05) is 43.8 Å². The van der Waals surface area contributed by atoms with Gasteiger partial charge in [-0.2, -0.15) is 0 Å². The van der Waals surface area contributed by atoms with Crippen LogP contribution in [0.4, 0.5) is 5.69 Å². The molecule has 0 bridgehead atoms. The molecular weight excluding hydrogens is 356 g/mol. The van der Waals surface area contributed by atoms with Crippen LogP contribution in [-0.2, 0) is 9.59 Å². The Labute approximate surface area is 159 Å². The van der Waals surface area contributed by atoms with Gasteiger partial charge in [0.25, 0.3) is 0 Å². The van der Waals surface area contributed by atoms with Gasteiger partial charge in [0.2, 0.25) is 11.8 Å². The topological polar surface area (TPSA) is 73.9 Å². The van der Waals surface area contributed by atoms with Crippen LogP contribution in [0.2, 0.25) is 5.02 Å². The lowest BCUT2D eigenvalue weighted by Gasteiger charge is -2.33. The van der Waals surface area contributed by atoms with Crippen LogP contribution < -0.4 is 15.4 Å². The Morgan fingerprint density at radius 1 is 1.12 bits per heavy atom. The molecule has 1 heterocycles. The molecule has 0 aliphatic carbocycles. The van der Waals surface area contributed by atoms with Gasteiger partial charge in [-0.1, -0.05) is 11.6 Å². The van der Waals surface area contributed by atoms with E-state index in [1.54, 1.807) is 13.2 Å². The predicted molar refractivity (Wildman–Crippen MR) is 103 cm³/mol. The van der Waals surface area contributed by atoms with E-state index >= 15 is 0 Å². The number of aryl methyl sites for hydroxylation is 1. The number of nitrogens with zero attached hydrogens (tertiary/aromatic N) is 2. The molecule has 1 aromatic rings. The Bertz CT molecular complexity index is 646. The van der Waals surface area contributed by atoms with Crippen molar-refractivity contribution in [1.29, 1.82) is 0 Å². The number of hydrogen-bond donors (Lipinski definition) is 2. The zero-order valence-electron chi connectivity index (χ0n) is 15.6. The Balaban J connectivity index is 1.83. The van der Waals surface area contributed by atoms with E-state index in [9.17, 15) is 9.59 Å². The Kier molecular flexibility index (Phi) is 7.68. The number of rotatable bonds is 7. The fourth-order valence-electron chi connectivity index (χ4n) is 2.88. The minimum Gasteiger partial charge on any atom is -0.495 e. The van der Waals surface area contributed by atoms with Gasteiger partial charge in [0.1, 0.15) is 5.75 Å². The average molecular weight is 383 g/mol. The normalized spacial score (nSPS) is 15.5. The van der Waals surface area contributed by atoms with Crippen LogP contribution in [0.1, 0.15) is 12.5 Å². The van der Waals surface area contributed by atoms with Gasteiger partial charge in [0.15, 0.2) is 0 Å². The molecule has 0 saturated carbocycles. The number of amides is 2. The van der Waals surface area contributed by atoms with E-state index in [-0.39, 0.29) is 11.8 Å². The maximum atomic E-state index is 12.4. The summed E-state index contributed by atoms with van der Waals surface area (Å²) in [6.45, 7) is 8.20. The van der Waals surface area contributed by atoms with Crippen LogP contribution in [0.3, 0.4) is 0 Å². The molecule has 7 nitrogen and oxygen atoms in total. The molecule has 1 saturated heterocycles. The summed E-state index contributed by atoms with van der Waals surface area (Å²) in [7, 11) is 1.55. The summed E-state index contributed by atoms with van der Waals surface area (Å²) >= 11 is 6.09. The van der Waals surface area contributed by atoms with E-state index in [1.165, 1.54) is 0 Å². The molecule has 0 unspecified atom stereocenters. The minimum atomic E-state index is -0.0952. The van der Waals surface area contributed by atoms with Crippen LogP contribution in [0.15, 0.2) is 12.1 Å². The molecule has 144 valence electrons. The molecule has 2 N–H and O–H groups in total. The van der Waals surface area contributed by atoms with Crippen LogP contribution in [-0.4, -0.2) is 74.5 Å². The number of nitrogens with one attached hydrogen (secondary N) is 2. The molecular formula is C18H27ClN4O3. The van der Waals surface area contributed by atoms with E-state index < -0.39 is 0 Å². The van der Waals surface area contributed by atoms with Crippen molar-refractivity contribution in [3.05, 3.63) is 22.7 Å². The second-order valence-electron chi connectivity index (χ2n) is 6.36. The summed E-state index contributed by atoms with van der Waals surface area (Å²) in [5.41, 5.74) is 1.50. The first kappa shape index (κ1) is 20.5. The van der Waals surface area contributed by atoms with E-state index in [0.717, 1.165) is 31.7 Å². The van der Waals surface area contributed by atoms with Crippen LogP contribution in [0, 0.1) is 6.92 Å². The highest BCUT2D eigenvalue weighted by molar-refractivity contribution is 6.31. The number of carbonyl (C=O) groups is 2. The van der Waals surface area contributed by atoms with Crippen LogP contribution in [0.5, 0.6) is 5.75 Å². The van der Waals surface area contributed by atoms with E-state index in [2.05, 4.69) is 20.4 Å². The Morgan fingerprint density at radius 3 is 2.23 bits per heavy atom. The zero-order chi connectivity index (χ0) is 19.1. The second kappa shape index (κ2) is 9.75. The summed E-state index contributed by atoms with van der Waals surface area (Å²) < 4.78 is 5.29. The summed E-state index contributed by atoms with van der Waals surface area (Å²) in [5, 5.41) is 6.30. The maximum absolute atomic E-state index is 12.4. The molecule has 1 fully saturated rings. The van der Waals surface area contributed by atoms with Crippen molar-refractivity contribution in [3.63, 3.8) is 0 Å². The molecule has 0 radical (unpaired) electrons. The molecule has 1 aliphatic rings. The number of likely N-dealkylation sites (N-methyl/N-ethyl adjacent to an activating group) is 1. The van der Waals surface area contributed by atoms with Gasteiger partial charge in [-0.3, -0.25) is 19.4 Å². The van der Waals surface area contributed by atoms with Crippen molar-refractivity contribution in [2.75, 3.05) is 58.2 Å². The van der Waals surface area contributed by atoms with Crippen LogP contribution in [0.25, 0.3) is 0 Å². The maximum Gasteiger partial charge on any atom is 0.238 e. The highest BCUT2D eigenvalue weighted by Crippen LogP contribution is 2.30. The third-order valence-corrected chi connectivity index (χ3v) is 4.74. The van der Waals surface area contributed by atoms with Gasteiger partial charge in [0.05, 0.1) is 25.9 Å². The van der Waals surface area contributed by atoms with Crippen molar-refractivity contribution in [2.45, 2.75) is 13.8 Å². The molecule has 0 aromatic heterocycles. The number of ether oxygens (including phenoxy) is 1. The lowest BCUT2D eigenvalue weighted by atomic mass is 10.2. The quantitative estimate of drug-likeness (QED) is 0.744. The number of halogens is 1. The largest absolute Gasteiger partial charge is 0.495 e. The van der Waals surface area contributed by atoms with E-state index in [0.29, 0.717) is 36.1 Å². The van der Waals surface area contributed by atoms with E-state index in [4.69, 9.17) is 16.3 Å². The third kappa shape index (κ3) is 5.86. The number of carbonyl (C=O) groups excluding carboxylic acids is 2. The predicted octanol–water partition coefficient (Wildman–Crippen LogP) is 1.35. The van der Waals surface area contributed by atoms with Gasteiger partial charge < -0.3 is 15.4 Å². The minimum absolute atomic E-state index is 0.0453. The number of piperazine rings is 1. The first-order valence-corrected chi connectivity index (χ1v) is 9.16. The lowest BCUT2D eigenvalue weighted by molar-refractivity contribution is -0.123. The number of benzene rings is 1. The summed E-state index contributed by atoms with van der Waals surface area (Å²) in [4.78, 5) is 28.2. The molecule has 1 aliphatic heterocycles. The highest BCUT2D eigenvalue weighted by Gasteiger charge is 2.21. The fourth-order valence-corrected chi connectivity index (χ4v) is 3.04. The Hall–Kier alpha value is -1.83. The zero-order valence-corrected chi connectivity index (χ0v) is 16.4. The Morgan fingerprint density at radius 2 is 1.69 bits per heavy atom. The summed E-state index contributed by atoms with van der Waals surface area (Å²) in [6, 6.07) is 3.51. The first-order valence-electron chi connectivity index (χ1n) is 8.78. The molecule has 1 aromatic carbocycles. The van der Waals surface area contributed by atoms with Crippen molar-refractivity contribution in [2.24, 2.45) is 0 Å². The van der Waals surface area contributed by atoms with Crippen molar-refractivity contribution in [3.8, 4) is 5.75 Å². The first-order chi connectivity index (χ1) is 12.4. The number of hydrogen-bond acceptors (Lipinski definition) is 5. The van der Waals surface area contributed by atoms with Gasteiger partial charge >= 0.3 is 0 Å². The summed E-state index contributed by atoms with van der Waals surface area (Å²) in [6.07, 6.45) is 0. The van der Waals surface area contributed by atoms with Crippen LogP contribution >= 0.6 is 11.6 Å². The third-order valence-electron chi connectivity index (χ3n) is 4.33. The molecule has 8 heteroatoms. The molecule has 0 atom stereocenters. The highest BCUT2D eigenvalue weighted by atomic mass is 35.5. The average Bonchev–Trinajstić information content (AvgIpc) is 2.60.